The van der Waals surface area contributed by atoms with Gasteiger partial charge in [-0.1, -0.05) is 186 Å². The minimum Gasteiger partial charge on any atom is -0.0776 e. The lowest BCUT2D eigenvalue weighted by atomic mass is 9.61. The quantitative estimate of drug-likeness (QED) is 0.222. The topological polar surface area (TPSA) is 0 Å². The van der Waals surface area contributed by atoms with Crippen molar-refractivity contribution in [3.05, 3.63) is 22.3 Å². The highest BCUT2D eigenvalue weighted by atomic mass is 14.4. The summed E-state index contributed by atoms with van der Waals surface area (Å²) in [6, 6.07) is 0. The molecule has 0 aromatic carbocycles. The van der Waals surface area contributed by atoms with Crippen LogP contribution in [0.3, 0.4) is 0 Å². The van der Waals surface area contributed by atoms with Crippen LogP contribution in [-0.4, -0.2) is 0 Å². The van der Waals surface area contributed by atoms with Crippen LogP contribution in [0.25, 0.3) is 0 Å². The van der Waals surface area contributed by atoms with E-state index in [1.807, 2.05) is 0 Å². The van der Waals surface area contributed by atoms with Crippen molar-refractivity contribution in [3.63, 3.8) is 0 Å². The number of hydrogen-bond donors (Lipinski definition) is 0. The summed E-state index contributed by atoms with van der Waals surface area (Å²) in [7, 11) is 0. The Morgan fingerprint density at radius 3 is 0.673 bits per heavy atom. The van der Waals surface area contributed by atoms with E-state index in [1.54, 1.807) is 0 Å². The lowest BCUT2D eigenvalue weighted by Gasteiger charge is -2.44. The molecule has 0 aromatic heterocycles. The Morgan fingerprint density at radius 2 is 0.592 bits per heavy atom. The first-order valence-corrected chi connectivity index (χ1v) is 21.0. The Hall–Kier alpha value is -0.520. The highest BCUT2D eigenvalue weighted by molar-refractivity contribution is 5.09. The van der Waals surface area contributed by atoms with Gasteiger partial charge in [-0.3, -0.25) is 0 Å². The summed E-state index contributed by atoms with van der Waals surface area (Å²) < 4.78 is 0. The molecular weight excluding hydrogens is 589 g/mol. The monoisotopic (exact) mass is 691 g/mol. The number of hydrogen-bond acceptors (Lipinski definition) is 0. The van der Waals surface area contributed by atoms with Crippen molar-refractivity contribution >= 4 is 0 Å². The standard InChI is InChI=1S/C12H24.C11H22.C9H20.2C8H16.CH4/c1-10(2)12(11(3)4)8-6-5-7-9-12;1-9(2)11(10(3)4)7-5-6-8-11;1-7(2)9(5,6)8(3)4;2*1-6(2)8(5)7(3)4;/h10-11H,5-9H2,1-4H3;9-10H,5-8H2,1-4H3;7-8H,1-6H3;2*6H,1-5H3;1H4. The molecule has 2 aliphatic carbocycles. The number of rotatable bonds is 8. The lowest BCUT2D eigenvalue weighted by molar-refractivity contribution is 0.0587. The van der Waals surface area contributed by atoms with Crippen LogP contribution in [0.4, 0.5) is 0 Å². The van der Waals surface area contributed by atoms with Crippen LogP contribution in [0.15, 0.2) is 22.3 Å². The molecule has 0 aliphatic heterocycles. The summed E-state index contributed by atoms with van der Waals surface area (Å²) in [5.41, 5.74) is 7.83. The van der Waals surface area contributed by atoms with Gasteiger partial charge in [0.25, 0.3) is 0 Å². The van der Waals surface area contributed by atoms with Gasteiger partial charge < -0.3 is 0 Å². The molecule has 0 spiro atoms. The molecule has 0 bridgehead atoms. The zero-order chi connectivity index (χ0) is 38.8. The molecule has 0 amide bonds. The van der Waals surface area contributed by atoms with E-state index in [-0.39, 0.29) is 7.43 Å². The van der Waals surface area contributed by atoms with E-state index in [4.69, 9.17) is 0 Å². The van der Waals surface area contributed by atoms with Crippen molar-refractivity contribution in [2.45, 2.75) is 231 Å². The molecule has 0 saturated heterocycles. The molecule has 0 aromatic rings. The minimum absolute atomic E-state index is 0. The summed E-state index contributed by atoms with van der Waals surface area (Å²) in [6.45, 7) is 55.0. The van der Waals surface area contributed by atoms with Crippen LogP contribution >= 0.6 is 0 Å². The highest BCUT2D eigenvalue weighted by Crippen LogP contribution is 2.50. The van der Waals surface area contributed by atoms with Crippen molar-refractivity contribution in [2.24, 2.45) is 63.6 Å². The molecule has 2 aliphatic rings. The minimum atomic E-state index is 0. The highest BCUT2D eigenvalue weighted by Gasteiger charge is 2.39. The summed E-state index contributed by atoms with van der Waals surface area (Å²) >= 11 is 0. The molecule has 2 fully saturated rings. The second kappa shape index (κ2) is 26.3. The van der Waals surface area contributed by atoms with E-state index in [2.05, 4.69) is 166 Å². The molecule has 0 unspecified atom stereocenters. The predicted molar refractivity (Wildman–Crippen MR) is 234 cm³/mol. The van der Waals surface area contributed by atoms with Crippen LogP contribution in [-0.2, 0) is 0 Å². The van der Waals surface area contributed by atoms with Crippen molar-refractivity contribution in [1.29, 1.82) is 0 Å². The van der Waals surface area contributed by atoms with Crippen LogP contribution in [0.1, 0.15) is 231 Å². The first-order valence-electron chi connectivity index (χ1n) is 21.0. The number of allylic oxidation sites excluding steroid dienone is 4. The molecule has 0 N–H and O–H groups in total. The Balaban J connectivity index is -0.000000260. The normalized spacial score (nSPS) is 16.7. The molecule has 0 heteroatoms. The van der Waals surface area contributed by atoms with Crippen molar-refractivity contribution in [3.8, 4) is 0 Å². The van der Waals surface area contributed by atoms with E-state index in [0.29, 0.717) is 16.2 Å². The van der Waals surface area contributed by atoms with E-state index in [1.165, 1.54) is 80.1 Å². The maximum Gasteiger partial charge on any atom is -0.0251 e. The average molecular weight is 691 g/mol. The predicted octanol–water partition coefficient (Wildman–Crippen LogP) is 18.1. The van der Waals surface area contributed by atoms with Gasteiger partial charge in [0.15, 0.2) is 0 Å². The maximum absolute atomic E-state index is 2.41. The Bertz CT molecular complexity index is 786. The fraction of sp³-hybridized carbons (Fsp3) is 0.918. The molecular formula is C49H102. The van der Waals surface area contributed by atoms with Gasteiger partial charge in [0, 0.05) is 0 Å². The Labute approximate surface area is 316 Å². The van der Waals surface area contributed by atoms with Crippen LogP contribution in [0.5, 0.6) is 0 Å². The van der Waals surface area contributed by atoms with Gasteiger partial charge in [0.2, 0.25) is 0 Å². The van der Waals surface area contributed by atoms with Gasteiger partial charge in [-0.15, -0.1) is 0 Å². The van der Waals surface area contributed by atoms with Crippen LogP contribution in [0, 0.1) is 63.6 Å². The maximum atomic E-state index is 2.41. The first-order chi connectivity index (χ1) is 21.7. The van der Waals surface area contributed by atoms with Crippen molar-refractivity contribution in [1.82, 2.24) is 0 Å². The van der Waals surface area contributed by atoms with E-state index in [9.17, 15) is 0 Å². The van der Waals surface area contributed by atoms with Gasteiger partial charge in [0.05, 0.1) is 0 Å². The summed E-state index contributed by atoms with van der Waals surface area (Å²) in [5, 5.41) is 0. The third-order valence-corrected chi connectivity index (χ3v) is 14.2. The third kappa shape index (κ3) is 19.8. The first kappa shape index (κ1) is 55.2. The SMILES string of the molecule is C.CC(C)=C(C)C(C)C.CC(C)=C(C)C(C)C.CC(C)C(C)(C)C(C)C.CC(C)C1(C(C)C)CCCC1.CC(C)C1(C(C)C)CCCCC1. The molecule has 49 heavy (non-hydrogen) atoms. The second-order valence-corrected chi connectivity index (χ2v) is 19.7. The molecule has 0 heterocycles. The van der Waals surface area contributed by atoms with Crippen LogP contribution < -0.4 is 0 Å². The molecule has 2 rings (SSSR count). The summed E-state index contributed by atoms with van der Waals surface area (Å²) in [5.74, 6) is 6.53. The van der Waals surface area contributed by atoms with Gasteiger partial charge in [-0.05, 0) is 131 Å². The van der Waals surface area contributed by atoms with Crippen molar-refractivity contribution in [2.75, 3.05) is 0 Å². The zero-order valence-electron chi connectivity index (χ0n) is 38.5. The smallest absolute Gasteiger partial charge is 0.0251 e. The van der Waals surface area contributed by atoms with Crippen LogP contribution in [0.2, 0.25) is 0 Å². The molecule has 0 radical (unpaired) electrons. The van der Waals surface area contributed by atoms with E-state index >= 15 is 0 Å². The summed E-state index contributed by atoms with van der Waals surface area (Å²) in [4.78, 5) is 0. The Kier molecular flexibility index (Phi) is 29.6. The third-order valence-electron chi connectivity index (χ3n) is 14.2. The molecule has 0 nitrogen and oxygen atoms in total. The fourth-order valence-corrected chi connectivity index (χ4v) is 7.71. The van der Waals surface area contributed by atoms with Gasteiger partial charge >= 0.3 is 0 Å². The van der Waals surface area contributed by atoms with E-state index < -0.39 is 0 Å². The lowest BCUT2D eigenvalue weighted by Crippen LogP contribution is -2.35. The van der Waals surface area contributed by atoms with Gasteiger partial charge in [-0.25, -0.2) is 0 Å². The molecule has 2 saturated carbocycles. The second-order valence-electron chi connectivity index (χ2n) is 19.7. The summed E-state index contributed by atoms with van der Waals surface area (Å²) in [6.07, 6.45) is 13.2. The fourth-order valence-electron chi connectivity index (χ4n) is 7.71. The van der Waals surface area contributed by atoms with Gasteiger partial charge in [0.1, 0.15) is 0 Å². The Morgan fingerprint density at radius 1 is 0.388 bits per heavy atom. The van der Waals surface area contributed by atoms with E-state index in [0.717, 1.165) is 47.3 Å². The van der Waals surface area contributed by atoms with Gasteiger partial charge in [-0.2, -0.15) is 0 Å². The molecule has 0 atom stereocenters. The van der Waals surface area contributed by atoms with Crippen molar-refractivity contribution < 1.29 is 0 Å². The average Bonchev–Trinajstić information content (AvgIpc) is 3.49. The zero-order valence-corrected chi connectivity index (χ0v) is 38.5. The largest absolute Gasteiger partial charge is 0.0776 e. The molecule has 298 valence electrons.